The predicted octanol–water partition coefficient (Wildman–Crippen LogP) is 1.43. The smallest absolute Gasteiger partial charge is 0.240 e. The summed E-state index contributed by atoms with van der Waals surface area (Å²) in [5, 5.41) is 6.45. The fourth-order valence-corrected chi connectivity index (χ4v) is 2.80. The molecule has 1 aliphatic heterocycles. The van der Waals surface area contributed by atoms with Crippen LogP contribution in [0.3, 0.4) is 0 Å². The lowest BCUT2D eigenvalue weighted by molar-refractivity contribution is -0.130. The number of carbonyl (C=O) groups is 1. The minimum Gasteiger partial charge on any atom is -0.353 e. The Hall–Kier alpha value is -0.570. The maximum Gasteiger partial charge on any atom is 0.240 e. The molecule has 2 fully saturated rings. The molecule has 1 aliphatic carbocycles. The SMILES string of the molecule is CC1(C)CCCC2(CC1)NCCNC2=O. The Morgan fingerprint density at radius 3 is 2.60 bits per heavy atom. The first kappa shape index (κ1) is 10.9. The second-order valence-corrected chi connectivity index (χ2v) is 5.78. The van der Waals surface area contributed by atoms with E-state index in [-0.39, 0.29) is 11.4 Å². The van der Waals surface area contributed by atoms with E-state index in [4.69, 9.17) is 0 Å². The Bertz CT molecular complexity index is 262. The summed E-state index contributed by atoms with van der Waals surface area (Å²) in [6.45, 7) is 6.33. The number of hydrogen-bond donors (Lipinski definition) is 2. The Kier molecular flexibility index (Phi) is 2.75. The van der Waals surface area contributed by atoms with E-state index in [1.165, 1.54) is 6.42 Å². The van der Waals surface area contributed by atoms with Crippen molar-refractivity contribution in [1.82, 2.24) is 10.6 Å². The van der Waals surface area contributed by atoms with E-state index in [2.05, 4.69) is 24.5 Å². The van der Waals surface area contributed by atoms with Crippen LogP contribution in [0.5, 0.6) is 0 Å². The molecule has 2 rings (SSSR count). The molecule has 2 aliphatic rings. The van der Waals surface area contributed by atoms with Gasteiger partial charge < -0.3 is 10.6 Å². The summed E-state index contributed by atoms with van der Waals surface area (Å²) in [7, 11) is 0. The first-order valence-corrected chi connectivity index (χ1v) is 6.08. The van der Waals surface area contributed by atoms with E-state index in [1.807, 2.05) is 0 Å². The van der Waals surface area contributed by atoms with Crippen molar-refractivity contribution >= 4 is 5.91 Å². The van der Waals surface area contributed by atoms with Crippen molar-refractivity contribution in [2.45, 2.75) is 51.5 Å². The third-order valence-corrected chi connectivity index (χ3v) is 3.99. The zero-order valence-corrected chi connectivity index (χ0v) is 9.86. The monoisotopic (exact) mass is 210 g/mol. The first-order chi connectivity index (χ1) is 7.04. The van der Waals surface area contributed by atoms with Crippen LogP contribution in [0.15, 0.2) is 0 Å². The average Bonchev–Trinajstić information content (AvgIpc) is 2.32. The van der Waals surface area contributed by atoms with E-state index in [0.29, 0.717) is 5.41 Å². The fourth-order valence-electron chi connectivity index (χ4n) is 2.80. The number of rotatable bonds is 0. The van der Waals surface area contributed by atoms with Crippen LogP contribution in [-0.4, -0.2) is 24.5 Å². The second-order valence-electron chi connectivity index (χ2n) is 5.78. The van der Waals surface area contributed by atoms with Crippen molar-refractivity contribution in [3.63, 3.8) is 0 Å². The summed E-state index contributed by atoms with van der Waals surface area (Å²) < 4.78 is 0. The standard InChI is InChI=1S/C12H22N2O/c1-11(2)4-3-5-12(7-6-11)10(15)13-8-9-14-12/h14H,3-9H2,1-2H3,(H,13,15). The van der Waals surface area contributed by atoms with Crippen molar-refractivity contribution in [3.05, 3.63) is 0 Å². The summed E-state index contributed by atoms with van der Waals surface area (Å²) >= 11 is 0. The molecule has 1 heterocycles. The number of amides is 1. The van der Waals surface area contributed by atoms with Gasteiger partial charge in [0.15, 0.2) is 0 Å². The highest BCUT2D eigenvalue weighted by Crippen LogP contribution is 2.38. The lowest BCUT2D eigenvalue weighted by Crippen LogP contribution is -2.62. The maximum absolute atomic E-state index is 12.0. The molecule has 3 heteroatoms. The Balaban J connectivity index is 2.11. The topological polar surface area (TPSA) is 41.1 Å². The second kappa shape index (κ2) is 3.78. The van der Waals surface area contributed by atoms with Gasteiger partial charge in [-0.2, -0.15) is 0 Å². The van der Waals surface area contributed by atoms with Crippen LogP contribution in [0.4, 0.5) is 0 Å². The number of hydrogen-bond acceptors (Lipinski definition) is 2. The van der Waals surface area contributed by atoms with Crippen LogP contribution in [0.25, 0.3) is 0 Å². The van der Waals surface area contributed by atoms with E-state index in [0.717, 1.165) is 38.8 Å². The molecule has 3 nitrogen and oxygen atoms in total. The van der Waals surface area contributed by atoms with Gasteiger partial charge in [-0.05, 0) is 31.1 Å². The molecule has 15 heavy (non-hydrogen) atoms. The Labute approximate surface area is 92.0 Å². The van der Waals surface area contributed by atoms with Crippen molar-refractivity contribution in [2.75, 3.05) is 13.1 Å². The summed E-state index contributed by atoms with van der Waals surface area (Å²) in [6, 6.07) is 0. The summed E-state index contributed by atoms with van der Waals surface area (Å²) in [5.41, 5.74) is 0.162. The minimum absolute atomic E-state index is 0.228. The van der Waals surface area contributed by atoms with Crippen molar-refractivity contribution in [3.8, 4) is 0 Å². The fraction of sp³-hybridized carbons (Fsp3) is 0.917. The van der Waals surface area contributed by atoms with Crippen LogP contribution in [0.2, 0.25) is 0 Å². The molecule has 2 N–H and O–H groups in total. The quantitative estimate of drug-likeness (QED) is 0.635. The van der Waals surface area contributed by atoms with Gasteiger partial charge in [-0.25, -0.2) is 0 Å². The molecule has 1 unspecified atom stereocenters. The maximum atomic E-state index is 12.0. The van der Waals surface area contributed by atoms with Gasteiger partial charge in [0.25, 0.3) is 0 Å². The molecular weight excluding hydrogens is 188 g/mol. The molecule has 1 saturated carbocycles. The lowest BCUT2D eigenvalue weighted by atomic mass is 9.83. The summed E-state index contributed by atoms with van der Waals surface area (Å²) in [5.74, 6) is 0.228. The van der Waals surface area contributed by atoms with Gasteiger partial charge >= 0.3 is 0 Å². The Morgan fingerprint density at radius 1 is 1.07 bits per heavy atom. The average molecular weight is 210 g/mol. The molecule has 0 aromatic rings. The highest BCUT2D eigenvalue weighted by Gasteiger charge is 2.42. The first-order valence-electron chi connectivity index (χ1n) is 6.08. The van der Waals surface area contributed by atoms with Crippen LogP contribution >= 0.6 is 0 Å². The molecule has 1 saturated heterocycles. The molecule has 0 bridgehead atoms. The molecule has 1 spiro atoms. The van der Waals surface area contributed by atoms with E-state index in [1.54, 1.807) is 0 Å². The zero-order chi connectivity index (χ0) is 10.9. The molecule has 0 aromatic carbocycles. The number of piperazine rings is 1. The highest BCUT2D eigenvalue weighted by atomic mass is 16.2. The predicted molar refractivity (Wildman–Crippen MR) is 60.6 cm³/mol. The van der Waals surface area contributed by atoms with Gasteiger partial charge in [0.1, 0.15) is 0 Å². The van der Waals surface area contributed by atoms with Crippen molar-refractivity contribution in [2.24, 2.45) is 5.41 Å². The highest BCUT2D eigenvalue weighted by molar-refractivity contribution is 5.87. The van der Waals surface area contributed by atoms with Gasteiger partial charge in [-0.1, -0.05) is 20.3 Å². The van der Waals surface area contributed by atoms with Crippen LogP contribution in [-0.2, 0) is 4.79 Å². The molecule has 0 radical (unpaired) electrons. The van der Waals surface area contributed by atoms with Gasteiger partial charge in [0.2, 0.25) is 5.91 Å². The molecular formula is C12H22N2O. The molecule has 1 amide bonds. The van der Waals surface area contributed by atoms with Gasteiger partial charge in [0.05, 0.1) is 5.54 Å². The third kappa shape index (κ3) is 2.17. The van der Waals surface area contributed by atoms with Gasteiger partial charge in [0, 0.05) is 13.1 Å². The lowest BCUT2D eigenvalue weighted by Gasteiger charge is -2.36. The third-order valence-electron chi connectivity index (χ3n) is 3.99. The molecule has 1 atom stereocenters. The Morgan fingerprint density at radius 2 is 1.87 bits per heavy atom. The van der Waals surface area contributed by atoms with Gasteiger partial charge in [-0.3, -0.25) is 4.79 Å². The molecule has 0 aromatic heterocycles. The van der Waals surface area contributed by atoms with Crippen molar-refractivity contribution in [1.29, 1.82) is 0 Å². The minimum atomic E-state index is -0.244. The largest absolute Gasteiger partial charge is 0.353 e. The van der Waals surface area contributed by atoms with Crippen molar-refractivity contribution < 1.29 is 4.79 Å². The van der Waals surface area contributed by atoms with Crippen LogP contribution in [0, 0.1) is 5.41 Å². The number of nitrogens with one attached hydrogen (secondary N) is 2. The van der Waals surface area contributed by atoms with Crippen LogP contribution in [0.1, 0.15) is 46.0 Å². The van der Waals surface area contributed by atoms with E-state index < -0.39 is 0 Å². The summed E-state index contributed by atoms with van der Waals surface area (Å²) in [6.07, 6.45) is 5.54. The summed E-state index contributed by atoms with van der Waals surface area (Å²) in [4.78, 5) is 12.0. The zero-order valence-electron chi connectivity index (χ0n) is 9.86. The normalized spacial score (nSPS) is 36.0. The van der Waals surface area contributed by atoms with Gasteiger partial charge in [-0.15, -0.1) is 0 Å². The number of carbonyl (C=O) groups excluding carboxylic acids is 1. The van der Waals surface area contributed by atoms with E-state index >= 15 is 0 Å². The van der Waals surface area contributed by atoms with Crippen LogP contribution < -0.4 is 10.6 Å². The molecule has 86 valence electrons. The van der Waals surface area contributed by atoms with E-state index in [9.17, 15) is 4.79 Å².